The normalized spacial score (nSPS) is 10.4. The van der Waals surface area contributed by atoms with Crippen LogP contribution in [0, 0.1) is 5.82 Å². The van der Waals surface area contributed by atoms with E-state index in [1.165, 1.54) is 24.0 Å². The highest BCUT2D eigenvalue weighted by Crippen LogP contribution is 2.22. The molecule has 7 heteroatoms. The second-order valence-electron chi connectivity index (χ2n) is 5.52. The molecule has 0 saturated carbocycles. The molecule has 0 aliphatic carbocycles. The predicted octanol–water partition coefficient (Wildman–Crippen LogP) is 4.51. The molecule has 2 rings (SSSR count). The third kappa shape index (κ3) is 6.36. The first-order valence-electron chi connectivity index (χ1n) is 7.59. The van der Waals surface area contributed by atoms with Crippen molar-refractivity contribution in [2.24, 2.45) is 0 Å². The summed E-state index contributed by atoms with van der Waals surface area (Å²) < 4.78 is 12.9. The summed E-state index contributed by atoms with van der Waals surface area (Å²) in [5, 5.41) is 3.54. The molecule has 0 aliphatic rings. The van der Waals surface area contributed by atoms with Crippen LogP contribution in [-0.4, -0.2) is 23.3 Å². The van der Waals surface area contributed by atoms with Crippen LogP contribution in [0.5, 0.6) is 0 Å². The first-order chi connectivity index (χ1) is 11.8. The zero-order chi connectivity index (χ0) is 18.4. The van der Waals surface area contributed by atoms with Gasteiger partial charge in [0.25, 0.3) is 0 Å². The van der Waals surface area contributed by atoms with Gasteiger partial charge in [-0.25, -0.2) is 4.39 Å². The first-order valence-corrected chi connectivity index (χ1v) is 8.35. The number of amides is 2. The van der Waals surface area contributed by atoms with Crippen molar-refractivity contribution in [1.82, 2.24) is 4.90 Å². The van der Waals surface area contributed by atoms with E-state index in [1.807, 2.05) is 0 Å². The zero-order valence-corrected chi connectivity index (χ0v) is 15.1. The topological polar surface area (TPSA) is 49.4 Å². The van der Waals surface area contributed by atoms with Crippen LogP contribution in [0.3, 0.4) is 0 Å². The molecule has 0 heterocycles. The van der Waals surface area contributed by atoms with E-state index in [4.69, 9.17) is 23.2 Å². The summed E-state index contributed by atoms with van der Waals surface area (Å²) in [6, 6.07) is 10.6. The molecular formula is C18H17Cl2FN2O2. The molecule has 2 aromatic rings. The van der Waals surface area contributed by atoms with Crippen LogP contribution in [-0.2, 0) is 16.1 Å². The summed E-state index contributed by atoms with van der Waals surface area (Å²) >= 11 is 11.8. The van der Waals surface area contributed by atoms with E-state index in [9.17, 15) is 14.0 Å². The maximum Gasteiger partial charge on any atom is 0.226 e. The van der Waals surface area contributed by atoms with E-state index in [0.29, 0.717) is 22.3 Å². The fourth-order valence-corrected chi connectivity index (χ4v) is 2.77. The van der Waals surface area contributed by atoms with Crippen molar-refractivity contribution in [1.29, 1.82) is 0 Å². The Morgan fingerprint density at radius 2 is 1.68 bits per heavy atom. The molecule has 0 bridgehead atoms. The lowest BCUT2D eigenvalue weighted by atomic mass is 10.2. The number of hydrogen-bond acceptors (Lipinski definition) is 2. The molecule has 2 aromatic carbocycles. The summed E-state index contributed by atoms with van der Waals surface area (Å²) in [5.41, 5.74) is 1.29. The van der Waals surface area contributed by atoms with Gasteiger partial charge in [-0.2, -0.15) is 0 Å². The van der Waals surface area contributed by atoms with Gasteiger partial charge in [-0.15, -0.1) is 0 Å². The van der Waals surface area contributed by atoms with E-state index in [0.717, 1.165) is 5.56 Å². The predicted molar refractivity (Wildman–Crippen MR) is 97.2 cm³/mol. The third-order valence-corrected chi connectivity index (χ3v) is 3.92. The van der Waals surface area contributed by atoms with E-state index in [1.54, 1.807) is 30.3 Å². The fraction of sp³-hybridized carbons (Fsp3) is 0.222. The van der Waals surface area contributed by atoms with Gasteiger partial charge in [0.1, 0.15) is 5.82 Å². The third-order valence-electron chi connectivity index (χ3n) is 3.49. The lowest BCUT2D eigenvalue weighted by Crippen LogP contribution is -2.31. The molecule has 0 saturated heterocycles. The van der Waals surface area contributed by atoms with Crippen molar-refractivity contribution in [3.63, 3.8) is 0 Å². The van der Waals surface area contributed by atoms with E-state index >= 15 is 0 Å². The summed E-state index contributed by atoms with van der Waals surface area (Å²) in [6.45, 7) is 1.98. The number of hydrogen-bond donors (Lipinski definition) is 1. The lowest BCUT2D eigenvalue weighted by molar-refractivity contribution is -0.129. The van der Waals surface area contributed by atoms with Crippen molar-refractivity contribution in [2.45, 2.75) is 19.9 Å². The van der Waals surface area contributed by atoms with Crippen molar-refractivity contribution in [3.8, 4) is 0 Å². The highest BCUT2D eigenvalue weighted by Gasteiger charge is 2.12. The van der Waals surface area contributed by atoms with E-state index < -0.39 is 0 Å². The minimum atomic E-state index is -0.335. The van der Waals surface area contributed by atoms with Crippen LogP contribution in [0.15, 0.2) is 42.5 Å². The molecule has 0 fully saturated rings. The van der Waals surface area contributed by atoms with Gasteiger partial charge in [-0.1, -0.05) is 35.3 Å². The minimum Gasteiger partial charge on any atom is -0.338 e. The van der Waals surface area contributed by atoms with Gasteiger partial charge in [0.2, 0.25) is 11.8 Å². The van der Waals surface area contributed by atoms with Gasteiger partial charge in [-0.05, 0) is 35.9 Å². The van der Waals surface area contributed by atoms with Crippen molar-refractivity contribution in [2.75, 3.05) is 11.9 Å². The molecule has 1 N–H and O–H groups in total. The van der Waals surface area contributed by atoms with Gasteiger partial charge in [0, 0.05) is 42.2 Å². The SMILES string of the molecule is CC(=O)N(CCC(=O)Nc1cc(Cl)cc(Cl)c1)Cc1ccc(F)cc1. The van der Waals surface area contributed by atoms with Crippen LogP contribution < -0.4 is 5.32 Å². The van der Waals surface area contributed by atoms with E-state index in [-0.39, 0.29) is 30.6 Å². The maximum atomic E-state index is 12.9. The molecular weight excluding hydrogens is 366 g/mol. The number of halogens is 3. The van der Waals surface area contributed by atoms with Crippen LogP contribution >= 0.6 is 23.2 Å². The standard InChI is InChI=1S/C18H17Cl2FN2O2/c1-12(24)23(11-13-2-4-16(21)5-3-13)7-6-18(25)22-17-9-14(19)8-15(20)10-17/h2-5,8-10H,6-7,11H2,1H3,(H,22,25). The van der Waals surface area contributed by atoms with Crippen molar-refractivity contribution >= 4 is 40.7 Å². The second-order valence-corrected chi connectivity index (χ2v) is 6.40. The average Bonchev–Trinajstić information content (AvgIpc) is 2.51. The van der Waals surface area contributed by atoms with Crippen LogP contribution in [0.4, 0.5) is 10.1 Å². The van der Waals surface area contributed by atoms with Crippen molar-refractivity contribution < 1.29 is 14.0 Å². The van der Waals surface area contributed by atoms with Gasteiger partial charge in [-0.3, -0.25) is 9.59 Å². The van der Waals surface area contributed by atoms with Gasteiger partial charge in [0.15, 0.2) is 0 Å². The average molecular weight is 383 g/mol. The Bertz CT molecular complexity index is 746. The minimum absolute atomic E-state index is 0.116. The number of rotatable bonds is 6. The highest BCUT2D eigenvalue weighted by molar-refractivity contribution is 6.35. The maximum absolute atomic E-state index is 12.9. The zero-order valence-electron chi connectivity index (χ0n) is 13.6. The van der Waals surface area contributed by atoms with Gasteiger partial charge in [0.05, 0.1) is 0 Å². The van der Waals surface area contributed by atoms with Crippen LogP contribution in [0.1, 0.15) is 18.9 Å². The summed E-state index contributed by atoms with van der Waals surface area (Å²) in [7, 11) is 0. The highest BCUT2D eigenvalue weighted by atomic mass is 35.5. The van der Waals surface area contributed by atoms with Crippen molar-refractivity contribution in [3.05, 3.63) is 63.9 Å². The fourth-order valence-electron chi connectivity index (χ4n) is 2.24. The first kappa shape index (κ1) is 19.2. The Balaban J connectivity index is 1.92. The smallest absolute Gasteiger partial charge is 0.226 e. The summed E-state index contributed by atoms with van der Waals surface area (Å²) in [4.78, 5) is 25.4. The quantitative estimate of drug-likeness (QED) is 0.798. The largest absolute Gasteiger partial charge is 0.338 e. The Kier molecular flexibility index (Phi) is 6.79. The number of benzene rings is 2. The lowest BCUT2D eigenvalue weighted by Gasteiger charge is -2.21. The molecule has 0 radical (unpaired) electrons. The Hall–Kier alpha value is -2.11. The molecule has 25 heavy (non-hydrogen) atoms. The number of nitrogens with zero attached hydrogens (tertiary/aromatic N) is 1. The second kappa shape index (κ2) is 8.83. The van der Waals surface area contributed by atoms with Crippen LogP contribution in [0.25, 0.3) is 0 Å². The monoisotopic (exact) mass is 382 g/mol. The molecule has 0 aliphatic heterocycles. The summed E-state index contributed by atoms with van der Waals surface area (Å²) in [5.74, 6) is -0.760. The molecule has 0 unspecified atom stereocenters. The van der Waals surface area contributed by atoms with E-state index in [2.05, 4.69) is 5.32 Å². The number of carbonyl (C=O) groups excluding carboxylic acids is 2. The Labute approximate surface area is 155 Å². The molecule has 0 atom stereocenters. The number of nitrogens with one attached hydrogen (secondary N) is 1. The Morgan fingerprint density at radius 1 is 1.08 bits per heavy atom. The molecule has 2 amide bonds. The molecule has 132 valence electrons. The number of anilines is 1. The molecule has 0 spiro atoms. The molecule has 0 aromatic heterocycles. The molecule has 4 nitrogen and oxygen atoms in total. The van der Waals surface area contributed by atoms with Crippen LogP contribution in [0.2, 0.25) is 10.0 Å². The Morgan fingerprint density at radius 3 is 2.24 bits per heavy atom. The number of carbonyl (C=O) groups is 2. The van der Waals surface area contributed by atoms with Gasteiger partial charge >= 0.3 is 0 Å². The summed E-state index contributed by atoms with van der Waals surface area (Å²) in [6.07, 6.45) is 0.116. The van der Waals surface area contributed by atoms with Gasteiger partial charge < -0.3 is 10.2 Å².